The third-order valence-electron chi connectivity index (χ3n) is 5.11. The number of hydrogen-bond donors (Lipinski definition) is 1. The minimum atomic E-state index is -0.196. The van der Waals surface area contributed by atoms with Gasteiger partial charge in [0.05, 0.1) is 5.56 Å². The van der Waals surface area contributed by atoms with Gasteiger partial charge in [-0.15, -0.1) is 0 Å². The third-order valence-corrected chi connectivity index (χ3v) is 5.81. The second-order valence-corrected chi connectivity index (χ2v) is 7.91. The summed E-state index contributed by atoms with van der Waals surface area (Å²) in [6, 6.07) is 22.5. The fraction of sp³-hybridized carbons (Fsp3) is 0.167. The van der Waals surface area contributed by atoms with Crippen LogP contribution in [0, 0.1) is 0 Å². The molecule has 5 heteroatoms. The number of aryl methyl sites for hydroxylation is 1. The van der Waals surface area contributed by atoms with Gasteiger partial charge in [0.2, 0.25) is 0 Å². The predicted molar refractivity (Wildman–Crippen MR) is 120 cm³/mol. The number of benzene rings is 3. The van der Waals surface area contributed by atoms with Crippen LogP contribution in [-0.2, 0) is 6.42 Å². The number of halogens is 1. The minimum absolute atomic E-state index is 0.0111. The van der Waals surface area contributed by atoms with Gasteiger partial charge in [0.15, 0.2) is 0 Å². The zero-order valence-electron chi connectivity index (χ0n) is 15.9. The number of hydrogen-bond acceptors (Lipinski definition) is 2. The maximum atomic E-state index is 13.1. The van der Waals surface area contributed by atoms with Gasteiger partial charge in [-0.1, -0.05) is 30.3 Å². The molecule has 1 aliphatic rings. The molecule has 0 bridgehead atoms. The van der Waals surface area contributed by atoms with E-state index in [2.05, 4.69) is 27.3 Å². The molecule has 0 aliphatic carbocycles. The largest absolute Gasteiger partial charge is 0.322 e. The van der Waals surface area contributed by atoms with Gasteiger partial charge in [0.1, 0.15) is 0 Å². The molecule has 29 heavy (non-hydrogen) atoms. The van der Waals surface area contributed by atoms with Gasteiger partial charge in [-0.3, -0.25) is 9.59 Å². The molecule has 0 unspecified atom stereocenters. The lowest BCUT2D eigenvalue weighted by Crippen LogP contribution is -2.31. The predicted octanol–water partition coefficient (Wildman–Crippen LogP) is 5.68. The Hall–Kier alpha value is -2.92. The molecular formula is C24H21BrN2O2. The van der Waals surface area contributed by atoms with Crippen LogP contribution in [0.5, 0.6) is 0 Å². The van der Waals surface area contributed by atoms with E-state index in [0.29, 0.717) is 16.8 Å². The van der Waals surface area contributed by atoms with Crippen LogP contribution in [0.2, 0.25) is 0 Å². The quantitative estimate of drug-likeness (QED) is 0.559. The topological polar surface area (TPSA) is 49.4 Å². The van der Waals surface area contributed by atoms with Crippen molar-refractivity contribution in [2.24, 2.45) is 0 Å². The molecule has 0 radical (unpaired) electrons. The van der Waals surface area contributed by atoms with Crippen LogP contribution in [0.15, 0.2) is 77.3 Å². The van der Waals surface area contributed by atoms with Gasteiger partial charge in [0.25, 0.3) is 11.8 Å². The highest BCUT2D eigenvalue weighted by Crippen LogP contribution is 2.28. The van der Waals surface area contributed by atoms with Crippen molar-refractivity contribution in [3.05, 3.63) is 94.0 Å². The highest BCUT2D eigenvalue weighted by atomic mass is 79.9. The molecule has 0 spiro atoms. The summed E-state index contributed by atoms with van der Waals surface area (Å²) in [5.41, 5.74) is 4.05. The van der Waals surface area contributed by atoms with Crippen molar-refractivity contribution in [1.29, 1.82) is 0 Å². The lowest BCUT2D eigenvalue weighted by molar-refractivity contribution is 0.0985. The van der Waals surface area contributed by atoms with E-state index >= 15 is 0 Å². The Bertz CT molecular complexity index is 1050. The van der Waals surface area contributed by atoms with E-state index in [9.17, 15) is 9.59 Å². The number of carbonyl (C=O) groups excluding carboxylic acids is 2. The van der Waals surface area contributed by atoms with Gasteiger partial charge < -0.3 is 10.2 Å². The number of rotatable bonds is 3. The maximum absolute atomic E-state index is 13.1. The first-order valence-electron chi connectivity index (χ1n) is 9.69. The molecule has 0 atom stereocenters. The van der Waals surface area contributed by atoms with Crippen molar-refractivity contribution >= 4 is 39.1 Å². The fourth-order valence-corrected chi connectivity index (χ4v) is 4.06. The molecule has 2 amide bonds. The molecule has 4 nitrogen and oxygen atoms in total. The number of fused-ring (bicyclic) bond motifs is 1. The van der Waals surface area contributed by atoms with Crippen LogP contribution >= 0.6 is 15.9 Å². The molecular weight excluding hydrogens is 428 g/mol. The summed E-state index contributed by atoms with van der Waals surface area (Å²) < 4.78 is 0.740. The molecule has 4 rings (SSSR count). The van der Waals surface area contributed by atoms with Crippen molar-refractivity contribution in [3.63, 3.8) is 0 Å². The van der Waals surface area contributed by atoms with E-state index in [1.165, 1.54) is 5.56 Å². The number of anilines is 2. The van der Waals surface area contributed by atoms with Crippen LogP contribution in [0.25, 0.3) is 0 Å². The monoisotopic (exact) mass is 448 g/mol. The Morgan fingerprint density at radius 1 is 0.862 bits per heavy atom. The lowest BCUT2D eigenvalue weighted by atomic mass is 10.1. The summed E-state index contributed by atoms with van der Waals surface area (Å²) in [6.07, 6.45) is 3.07. The summed E-state index contributed by atoms with van der Waals surface area (Å²) in [7, 11) is 0. The lowest BCUT2D eigenvalue weighted by Gasteiger charge is -2.23. The Morgan fingerprint density at radius 3 is 2.38 bits per heavy atom. The van der Waals surface area contributed by atoms with Crippen molar-refractivity contribution in [2.75, 3.05) is 16.8 Å². The average molecular weight is 449 g/mol. The summed E-state index contributed by atoms with van der Waals surface area (Å²) in [5.74, 6) is -0.207. The van der Waals surface area contributed by atoms with Gasteiger partial charge >= 0.3 is 0 Å². The molecule has 0 saturated heterocycles. The second kappa shape index (κ2) is 8.62. The maximum Gasteiger partial charge on any atom is 0.258 e. The van der Waals surface area contributed by atoms with Crippen molar-refractivity contribution in [1.82, 2.24) is 0 Å². The first-order valence-corrected chi connectivity index (χ1v) is 10.5. The summed E-state index contributed by atoms with van der Waals surface area (Å²) in [4.78, 5) is 27.5. The van der Waals surface area contributed by atoms with Crippen LogP contribution in [0.1, 0.15) is 39.1 Å². The SMILES string of the molecule is O=C(Nc1ccc(C(=O)N2CCCCc3ccccc32)cc1)c1ccccc1Br. The smallest absolute Gasteiger partial charge is 0.258 e. The molecule has 146 valence electrons. The second-order valence-electron chi connectivity index (χ2n) is 7.05. The van der Waals surface area contributed by atoms with E-state index in [4.69, 9.17) is 0 Å². The highest BCUT2D eigenvalue weighted by Gasteiger charge is 2.22. The van der Waals surface area contributed by atoms with Gasteiger partial charge in [-0.25, -0.2) is 0 Å². The molecule has 3 aromatic carbocycles. The van der Waals surface area contributed by atoms with E-state index in [1.807, 2.05) is 41.3 Å². The molecule has 1 heterocycles. The molecule has 3 aromatic rings. The normalized spacial score (nSPS) is 13.3. The summed E-state index contributed by atoms with van der Waals surface area (Å²) >= 11 is 3.39. The minimum Gasteiger partial charge on any atom is -0.322 e. The number of nitrogens with one attached hydrogen (secondary N) is 1. The van der Waals surface area contributed by atoms with Crippen LogP contribution in [-0.4, -0.2) is 18.4 Å². The molecule has 1 aliphatic heterocycles. The van der Waals surface area contributed by atoms with Crippen molar-refractivity contribution in [2.45, 2.75) is 19.3 Å². The van der Waals surface area contributed by atoms with Crippen molar-refractivity contribution in [3.8, 4) is 0 Å². The van der Waals surface area contributed by atoms with Crippen molar-refractivity contribution < 1.29 is 9.59 Å². The number of nitrogens with zero attached hydrogens (tertiary/aromatic N) is 1. The standard InChI is InChI=1S/C24H21BrN2O2/c25-21-10-3-2-9-20(21)23(28)26-19-14-12-18(13-15-19)24(29)27-16-6-5-8-17-7-1-4-11-22(17)27/h1-4,7,9-15H,5-6,8,16H2,(H,26,28). The first kappa shape index (κ1) is 19.4. The average Bonchev–Trinajstić information content (AvgIpc) is 2.96. The Morgan fingerprint density at radius 2 is 1.59 bits per heavy atom. The zero-order chi connectivity index (χ0) is 20.2. The number of carbonyl (C=O) groups is 2. The van der Waals surface area contributed by atoms with Gasteiger partial charge in [-0.05, 0) is 83.2 Å². The number of amides is 2. The molecule has 0 aromatic heterocycles. The van der Waals surface area contributed by atoms with E-state index in [-0.39, 0.29) is 11.8 Å². The zero-order valence-corrected chi connectivity index (χ0v) is 17.5. The van der Waals surface area contributed by atoms with Gasteiger partial charge in [0, 0.05) is 28.0 Å². The fourth-order valence-electron chi connectivity index (χ4n) is 3.60. The Kier molecular flexibility index (Phi) is 5.76. The van der Waals surface area contributed by atoms with Gasteiger partial charge in [-0.2, -0.15) is 0 Å². The van der Waals surface area contributed by atoms with Crippen LogP contribution < -0.4 is 10.2 Å². The summed E-state index contributed by atoms with van der Waals surface area (Å²) in [6.45, 7) is 0.719. The molecule has 1 N–H and O–H groups in total. The molecule has 0 saturated carbocycles. The Labute approximate surface area is 178 Å². The van der Waals surface area contributed by atoms with Crippen LogP contribution in [0.4, 0.5) is 11.4 Å². The summed E-state index contributed by atoms with van der Waals surface area (Å²) in [5, 5.41) is 2.88. The van der Waals surface area contributed by atoms with E-state index < -0.39 is 0 Å². The molecule has 0 fully saturated rings. The van der Waals surface area contributed by atoms with E-state index in [1.54, 1.807) is 30.3 Å². The first-order chi connectivity index (χ1) is 14.1. The third kappa shape index (κ3) is 4.25. The van der Waals surface area contributed by atoms with Crippen LogP contribution in [0.3, 0.4) is 0 Å². The highest BCUT2D eigenvalue weighted by molar-refractivity contribution is 9.10. The Balaban J connectivity index is 1.51. The van der Waals surface area contributed by atoms with E-state index in [0.717, 1.165) is 36.0 Å². The number of para-hydroxylation sites is 1.